The highest BCUT2D eigenvalue weighted by molar-refractivity contribution is 7.09. The highest BCUT2D eigenvalue weighted by Crippen LogP contribution is 2.17. The molecule has 3 heterocycles. The molecule has 1 saturated heterocycles. The zero-order valence-electron chi connectivity index (χ0n) is 13.2. The van der Waals surface area contributed by atoms with Crippen LogP contribution in [0.1, 0.15) is 17.7 Å². The van der Waals surface area contributed by atoms with Crippen LogP contribution in [0.25, 0.3) is 0 Å². The van der Waals surface area contributed by atoms with Gasteiger partial charge in [-0.3, -0.25) is 14.4 Å². The lowest BCUT2D eigenvalue weighted by atomic mass is 9.98. The largest absolute Gasteiger partial charge is 0.355 e. The lowest BCUT2D eigenvalue weighted by molar-refractivity contribution is -0.122. The molecule has 1 amide bonds. The van der Waals surface area contributed by atoms with Crippen molar-refractivity contribution in [1.82, 2.24) is 25.0 Å². The number of rotatable bonds is 7. The summed E-state index contributed by atoms with van der Waals surface area (Å²) < 4.78 is 1.88. The molecule has 2 aromatic rings. The third-order valence-corrected chi connectivity index (χ3v) is 5.09. The van der Waals surface area contributed by atoms with Gasteiger partial charge in [0.1, 0.15) is 12.7 Å². The van der Waals surface area contributed by atoms with Crippen LogP contribution < -0.4 is 5.32 Å². The molecule has 0 aromatic carbocycles. The lowest BCUT2D eigenvalue weighted by Gasteiger charge is -2.32. The molecule has 0 saturated carbocycles. The first-order valence-corrected chi connectivity index (χ1v) is 9.01. The van der Waals surface area contributed by atoms with Crippen LogP contribution in [0.2, 0.25) is 0 Å². The molecular weight excluding hydrogens is 310 g/mol. The van der Waals surface area contributed by atoms with Crippen molar-refractivity contribution in [3.05, 3.63) is 35.0 Å². The van der Waals surface area contributed by atoms with E-state index in [1.165, 1.54) is 11.3 Å². The Morgan fingerprint density at radius 3 is 3.22 bits per heavy atom. The summed E-state index contributed by atoms with van der Waals surface area (Å²) in [6, 6.07) is 4.15. The highest BCUT2D eigenvalue weighted by atomic mass is 32.1. The molecule has 7 heteroatoms. The Hall–Kier alpha value is -1.73. The highest BCUT2D eigenvalue weighted by Gasteiger charge is 2.22. The maximum absolute atomic E-state index is 12.1. The van der Waals surface area contributed by atoms with Gasteiger partial charge in [0, 0.05) is 24.5 Å². The van der Waals surface area contributed by atoms with Gasteiger partial charge in [0.05, 0.1) is 6.54 Å². The van der Waals surface area contributed by atoms with E-state index in [1.54, 1.807) is 24.0 Å². The summed E-state index contributed by atoms with van der Waals surface area (Å²) in [5, 5.41) is 9.27. The number of nitrogens with zero attached hydrogens (tertiary/aromatic N) is 4. The SMILES string of the molecule is O=C(CN1CCC[C@H](Cn2cncn2)C1)NCCc1cccs1. The van der Waals surface area contributed by atoms with Crippen LogP contribution in [0.3, 0.4) is 0 Å². The number of hydrogen-bond acceptors (Lipinski definition) is 5. The van der Waals surface area contributed by atoms with Crippen LogP contribution in [-0.2, 0) is 17.8 Å². The summed E-state index contributed by atoms with van der Waals surface area (Å²) in [5.41, 5.74) is 0. The van der Waals surface area contributed by atoms with Crippen molar-refractivity contribution >= 4 is 17.2 Å². The maximum atomic E-state index is 12.1. The minimum atomic E-state index is 0.128. The first-order chi connectivity index (χ1) is 11.3. The van der Waals surface area contributed by atoms with Crippen molar-refractivity contribution < 1.29 is 4.79 Å². The van der Waals surface area contributed by atoms with E-state index in [9.17, 15) is 4.79 Å². The average Bonchev–Trinajstić information content (AvgIpc) is 3.21. The van der Waals surface area contributed by atoms with Crippen molar-refractivity contribution in [2.75, 3.05) is 26.2 Å². The van der Waals surface area contributed by atoms with Crippen LogP contribution in [0.5, 0.6) is 0 Å². The molecule has 0 spiro atoms. The maximum Gasteiger partial charge on any atom is 0.234 e. The number of hydrogen-bond donors (Lipinski definition) is 1. The van der Waals surface area contributed by atoms with E-state index < -0.39 is 0 Å². The molecule has 2 aromatic heterocycles. The van der Waals surface area contributed by atoms with Crippen molar-refractivity contribution in [2.24, 2.45) is 5.92 Å². The van der Waals surface area contributed by atoms with E-state index >= 15 is 0 Å². The Morgan fingerprint density at radius 2 is 2.43 bits per heavy atom. The van der Waals surface area contributed by atoms with Crippen molar-refractivity contribution in [2.45, 2.75) is 25.8 Å². The Bertz CT molecular complexity index is 584. The molecule has 0 unspecified atom stereocenters. The Balaban J connectivity index is 1.37. The second-order valence-electron chi connectivity index (χ2n) is 6.04. The second-order valence-corrected chi connectivity index (χ2v) is 7.07. The molecule has 6 nitrogen and oxygen atoms in total. The number of amides is 1. The topological polar surface area (TPSA) is 63.1 Å². The Labute approximate surface area is 140 Å². The zero-order chi connectivity index (χ0) is 15.9. The van der Waals surface area contributed by atoms with Gasteiger partial charge in [-0.1, -0.05) is 6.07 Å². The molecule has 1 aliphatic heterocycles. The van der Waals surface area contributed by atoms with Crippen molar-refractivity contribution in [3.63, 3.8) is 0 Å². The Kier molecular flexibility index (Phi) is 5.76. The predicted octanol–water partition coefficient (Wildman–Crippen LogP) is 1.41. The van der Waals surface area contributed by atoms with Gasteiger partial charge >= 0.3 is 0 Å². The van der Waals surface area contributed by atoms with E-state index in [4.69, 9.17) is 0 Å². The summed E-state index contributed by atoms with van der Waals surface area (Å²) in [5.74, 6) is 0.673. The van der Waals surface area contributed by atoms with Crippen LogP contribution in [-0.4, -0.2) is 51.8 Å². The van der Waals surface area contributed by atoms with Crippen LogP contribution >= 0.6 is 11.3 Å². The monoisotopic (exact) mass is 333 g/mol. The van der Waals surface area contributed by atoms with Gasteiger partial charge in [-0.2, -0.15) is 5.10 Å². The molecule has 0 aliphatic carbocycles. The normalized spacial score (nSPS) is 18.9. The molecular formula is C16H23N5OS. The van der Waals surface area contributed by atoms with Crippen LogP contribution in [0.4, 0.5) is 0 Å². The first-order valence-electron chi connectivity index (χ1n) is 8.13. The summed E-state index contributed by atoms with van der Waals surface area (Å²) in [4.78, 5) is 19.6. The number of piperidine rings is 1. The standard InChI is InChI=1S/C16H23N5OS/c22-16(18-6-5-15-4-2-8-23-15)11-20-7-1-3-14(9-20)10-21-13-17-12-19-21/h2,4,8,12-14H,1,3,5-7,9-11H2,(H,18,22)/t14-/m0/s1. The molecule has 23 heavy (non-hydrogen) atoms. The molecule has 1 fully saturated rings. The quantitative estimate of drug-likeness (QED) is 0.832. The fourth-order valence-corrected chi connectivity index (χ4v) is 3.78. The number of nitrogens with one attached hydrogen (secondary N) is 1. The van der Waals surface area contributed by atoms with Gasteiger partial charge in [0.2, 0.25) is 5.91 Å². The third-order valence-electron chi connectivity index (χ3n) is 4.16. The molecule has 3 rings (SSSR count). The molecule has 1 aliphatic rings. The summed E-state index contributed by atoms with van der Waals surface area (Å²) in [6.45, 7) is 4.06. The smallest absolute Gasteiger partial charge is 0.234 e. The first kappa shape index (κ1) is 16.1. The van der Waals surface area contributed by atoms with Crippen molar-refractivity contribution in [3.8, 4) is 0 Å². The van der Waals surface area contributed by atoms with Gasteiger partial charge in [0.25, 0.3) is 0 Å². The Morgan fingerprint density at radius 1 is 1.48 bits per heavy atom. The number of carbonyl (C=O) groups excluding carboxylic acids is 1. The van der Waals surface area contributed by atoms with E-state index in [-0.39, 0.29) is 5.91 Å². The van der Waals surface area contributed by atoms with Crippen LogP contribution in [0.15, 0.2) is 30.2 Å². The van der Waals surface area contributed by atoms with Gasteiger partial charge in [0.15, 0.2) is 0 Å². The fraction of sp³-hybridized carbons (Fsp3) is 0.562. The van der Waals surface area contributed by atoms with Gasteiger partial charge < -0.3 is 5.32 Å². The lowest BCUT2D eigenvalue weighted by Crippen LogP contribution is -2.43. The molecule has 124 valence electrons. The minimum absolute atomic E-state index is 0.128. The molecule has 0 bridgehead atoms. The summed E-state index contributed by atoms with van der Waals surface area (Å²) in [6.07, 6.45) is 6.58. The number of thiophene rings is 1. The van der Waals surface area contributed by atoms with E-state index in [0.717, 1.165) is 39.0 Å². The fourth-order valence-electron chi connectivity index (χ4n) is 3.07. The molecule has 0 radical (unpaired) electrons. The number of carbonyl (C=O) groups is 1. The predicted molar refractivity (Wildman–Crippen MR) is 90.2 cm³/mol. The van der Waals surface area contributed by atoms with Crippen molar-refractivity contribution in [1.29, 1.82) is 0 Å². The zero-order valence-corrected chi connectivity index (χ0v) is 14.0. The van der Waals surface area contributed by atoms with E-state index in [2.05, 4.69) is 31.7 Å². The minimum Gasteiger partial charge on any atom is -0.355 e. The summed E-state index contributed by atoms with van der Waals surface area (Å²) in [7, 11) is 0. The molecule has 1 N–H and O–H groups in total. The molecule has 1 atom stereocenters. The van der Waals surface area contributed by atoms with Crippen LogP contribution in [0, 0.1) is 5.92 Å². The number of likely N-dealkylation sites (tertiary alicyclic amines) is 1. The average molecular weight is 333 g/mol. The second kappa shape index (κ2) is 8.21. The van der Waals surface area contributed by atoms with Gasteiger partial charge in [-0.05, 0) is 43.2 Å². The van der Waals surface area contributed by atoms with E-state index in [1.807, 2.05) is 10.7 Å². The number of aromatic nitrogens is 3. The van der Waals surface area contributed by atoms with E-state index in [0.29, 0.717) is 12.5 Å². The third kappa shape index (κ3) is 5.14. The van der Waals surface area contributed by atoms with Gasteiger partial charge in [-0.25, -0.2) is 4.98 Å². The summed E-state index contributed by atoms with van der Waals surface area (Å²) >= 11 is 1.74. The van der Waals surface area contributed by atoms with Gasteiger partial charge in [-0.15, -0.1) is 11.3 Å².